The summed E-state index contributed by atoms with van der Waals surface area (Å²) in [6.45, 7) is 1.92. The molecule has 0 amide bonds. The SMILES string of the molecule is CS(=O)(=O)N1CCC(NCc2ncc[nH]2)CC1. The van der Waals surface area contributed by atoms with Gasteiger partial charge in [0.25, 0.3) is 0 Å². The fourth-order valence-corrected chi connectivity index (χ4v) is 2.90. The first-order valence-corrected chi connectivity index (χ1v) is 7.57. The molecule has 0 radical (unpaired) electrons. The number of hydrogen-bond donors (Lipinski definition) is 2. The van der Waals surface area contributed by atoms with Crippen LogP contribution in [0.3, 0.4) is 0 Å². The quantitative estimate of drug-likeness (QED) is 0.792. The molecule has 1 aromatic rings. The summed E-state index contributed by atoms with van der Waals surface area (Å²) in [4.78, 5) is 7.16. The summed E-state index contributed by atoms with van der Waals surface area (Å²) in [7, 11) is -3.02. The number of nitrogens with zero attached hydrogens (tertiary/aromatic N) is 2. The van der Waals surface area contributed by atoms with Crippen LogP contribution in [-0.4, -0.2) is 48.1 Å². The number of rotatable bonds is 4. The number of hydrogen-bond acceptors (Lipinski definition) is 4. The first kappa shape index (κ1) is 12.5. The highest BCUT2D eigenvalue weighted by Crippen LogP contribution is 2.13. The zero-order valence-corrected chi connectivity index (χ0v) is 10.7. The predicted molar refractivity (Wildman–Crippen MR) is 64.9 cm³/mol. The van der Waals surface area contributed by atoms with Crippen molar-refractivity contribution in [2.24, 2.45) is 0 Å². The Morgan fingerprint density at radius 1 is 1.53 bits per heavy atom. The van der Waals surface area contributed by atoms with Gasteiger partial charge in [-0.3, -0.25) is 0 Å². The molecule has 1 aromatic heterocycles. The summed E-state index contributed by atoms with van der Waals surface area (Å²) in [6, 6.07) is 0.373. The lowest BCUT2D eigenvalue weighted by atomic mass is 10.1. The summed E-state index contributed by atoms with van der Waals surface area (Å²) in [5.74, 6) is 0.913. The zero-order valence-electron chi connectivity index (χ0n) is 9.89. The maximum Gasteiger partial charge on any atom is 0.211 e. The second kappa shape index (κ2) is 5.16. The van der Waals surface area contributed by atoms with Crippen molar-refractivity contribution in [3.8, 4) is 0 Å². The number of imidazole rings is 1. The fraction of sp³-hybridized carbons (Fsp3) is 0.700. The second-order valence-electron chi connectivity index (χ2n) is 4.35. The minimum absolute atomic E-state index is 0.373. The largest absolute Gasteiger partial charge is 0.348 e. The van der Waals surface area contributed by atoms with E-state index in [2.05, 4.69) is 15.3 Å². The van der Waals surface area contributed by atoms with Crippen LogP contribution in [0.5, 0.6) is 0 Å². The summed E-state index contributed by atoms with van der Waals surface area (Å²) < 4.78 is 24.2. The molecule has 96 valence electrons. The van der Waals surface area contributed by atoms with Crippen molar-refractivity contribution in [1.82, 2.24) is 19.6 Å². The molecule has 1 aliphatic rings. The van der Waals surface area contributed by atoms with Gasteiger partial charge in [-0.2, -0.15) is 0 Å². The summed E-state index contributed by atoms with van der Waals surface area (Å²) in [5.41, 5.74) is 0. The highest BCUT2D eigenvalue weighted by atomic mass is 32.2. The number of H-pyrrole nitrogens is 1. The van der Waals surface area contributed by atoms with Crippen molar-refractivity contribution < 1.29 is 8.42 Å². The van der Waals surface area contributed by atoms with Gasteiger partial charge in [-0.05, 0) is 12.8 Å². The molecule has 7 heteroatoms. The van der Waals surface area contributed by atoms with E-state index in [0.717, 1.165) is 18.7 Å². The molecule has 2 heterocycles. The van der Waals surface area contributed by atoms with Crippen molar-refractivity contribution in [2.75, 3.05) is 19.3 Å². The van der Waals surface area contributed by atoms with Crippen LogP contribution in [0.2, 0.25) is 0 Å². The molecule has 6 nitrogen and oxygen atoms in total. The van der Waals surface area contributed by atoms with E-state index in [1.807, 2.05) is 0 Å². The highest BCUT2D eigenvalue weighted by molar-refractivity contribution is 7.88. The Morgan fingerprint density at radius 2 is 2.24 bits per heavy atom. The lowest BCUT2D eigenvalue weighted by Crippen LogP contribution is -2.44. The molecule has 0 bridgehead atoms. The minimum Gasteiger partial charge on any atom is -0.348 e. The van der Waals surface area contributed by atoms with E-state index in [4.69, 9.17) is 0 Å². The average molecular weight is 258 g/mol. The van der Waals surface area contributed by atoms with Crippen LogP contribution in [0, 0.1) is 0 Å². The van der Waals surface area contributed by atoms with Crippen molar-refractivity contribution >= 4 is 10.0 Å². The molecule has 0 spiro atoms. The molecule has 0 atom stereocenters. The summed E-state index contributed by atoms with van der Waals surface area (Å²) in [6.07, 6.45) is 6.50. The first-order valence-electron chi connectivity index (χ1n) is 5.72. The molecule has 2 N–H and O–H groups in total. The van der Waals surface area contributed by atoms with Gasteiger partial charge in [-0.15, -0.1) is 0 Å². The Kier molecular flexibility index (Phi) is 3.80. The summed E-state index contributed by atoms with van der Waals surface area (Å²) >= 11 is 0. The van der Waals surface area contributed by atoms with Gasteiger partial charge in [0.1, 0.15) is 5.82 Å². The van der Waals surface area contributed by atoms with Crippen LogP contribution in [-0.2, 0) is 16.6 Å². The van der Waals surface area contributed by atoms with Gasteiger partial charge in [0.05, 0.1) is 12.8 Å². The second-order valence-corrected chi connectivity index (χ2v) is 6.34. The fourth-order valence-electron chi connectivity index (χ4n) is 2.03. The first-order chi connectivity index (χ1) is 8.05. The van der Waals surface area contributed by atoms with E-state index >= 15 is 0 Å². The van der Waals surface area contributed by atoms with Gasteiger partial charge in [-0.1, -0.05) is 0 Å². The Bertz CT molecular complexity index is 435. The van der Waals surface area contributed by atoms with E-state index < -0.39 is 10.0 Å². The molecule has 17 heavy (non-hydrogen) atoms. The summed E-state index contributed by atoms with van der Waals surface area (Å²) in [5, 5.41) is 3.38. The topological polar surface area (TPSA) is 78.1 Å². The molecule has 1 fully saturated rings. The molecular formula is C10H18N4O2S. The van der Waals surface area contributed by atoms with Crippen LogP contribution in [0.4, 0.5) is 0 Å². The predicted octanol–water partition coefficient (Wildman–Crippen LogP) is -0.0767. The van der Waals surface area contributed by atoms with Gasteiger partial charge in [0.15, 0.2) is 0 Å². The van der Waals surface area contributed by atoms with Crippen molar-refractivity contribution in [1.29, 1.82) is 0 Å². The number of aromatic amines is 1. The third kappa shape index (κ3) is 3.52. The average Bonchev–Trinajstić information content (AvgIpc) is 2.78. The van der Waals surface area contributed by atoms with Gasteiger partial charge in [0.2, 0.25) is 10.0 Å². The molecule has 2 rings (SSSR count). The Balaban J connectivity index is 1.76. The number of aromatic nitrogens is 2. The number of piperidine rings is 1. The van der Waals surface area contributed by atoms with Crippen LogP contribution in [0.1, 0.15) is 18.7 Å². The minimum atomic E-state index is -3.02. The van der Waals surface area contributed by atoms with E-state index in [1.165, 1.54) is 10.6 Å². The van der Waals surface area contributed by atoms with Crippen molar-refractivity contribution in [3.05, 3.63) is 18.2 Å². The highest BCUT2D eigenvalue weighted by Gasteiger charge is 2.24. The van der Waals surface area contributed by atoms with Crippen molar-refractivity contribution in [2.45, 2.75) is 25.4 Å². The third-order valence-corrected chi connectivity index (χ3v) is 4.34. The Hall–Kier alpha value is -0.920. The molecule has 0 aliphatic carbocycles. The lowest BCUT2D eigenvalue weighted by Gasteiger charge is -2.30. The van der Waals surface area contributed by atoms with E-state index in [9.17, 15) is 8.42 Å². The monoisotopic (exact) mass is 258 g/mol. The molecule has 0 saturated carbocycles. The van der Waals surface area contributed by atoms with Crippen LogP contribution < -0.4 is 5.32 Å². The van der Waals surface area contributed by atoms with Gasteiger partial charge < -0.3 is 10.3 Å². The van der Waals surface area contributed by atoms with Gasteiger partial charge >= 0.3 is 0 Å². The maximum absolute atomic E-state index is 11.3. The van der Waals surface area contributed by atoms with Crippen LogP contribution >= 0.6 is 0 Å². The van der Waals surface area contributed by atoms with E-state index in [-0.39, 0.29) is 0 Å². The standard InChI is InChI=1S/C10H18N4O2S/c1-17(15,16)14-6-2-9(3-7-14)13-8-10-11-4-5-12-10/h4-5,9,13H,2-3,6-8H2,1H3,(H,11,12). The smallest absolute Gasteiger partial charge is 0.211 e. The number of nitrogens with one attached hydrogen (secondary N) is 2. The number of sulfonamides is 1. The Morgan fingerprint density at radius 3 is 2.76 bits per heavy atom. The molecular weight excluding hydrogens is 240 g/mol. The zero-order chi connectivity index (χ0) is 12.3. The third-order valence-electron chi connectivity index (χ3n) is 3.04. The van der Waals surface area contributed by atoms with E-state index in [1.54, 1.807) is 12.4 Å². The van der Waals surface area contributed by atoms with Crippen LogP contribution in [0.15, 0.2) is 12.4 Å². The van der Waals surface area contributed by atoms with Crippen molar-refractivity contribution in [3.63, 3.8) is 0 Å². The van der Waals surface area contributed by atoms with Crippen LogP contribution in [0.25, 0.3) is 0 Å². The lowest BCUT2D eigenvalue weighted by molar-refractivity contribution is 0.289. The van der Waals surface area contributed by atoms with Gasteiger partial charge in [0, 0.05) is 31.5 Å². The van der Waals surface area contributed by atoms with E-state index in [0.29, 0.717) is 25.7 Å². The van der Waals surface area contributed by atoms with Gasteiger partial charge in [-0.25, -0.2) is 17.7 Å². The Labute approximate surface area is 101 Å². The molecule has 1 aliphatic heterocycles. The molecule has 1 saturated heterocycles. The normalized spacial score (nSPS) is 19.6. The maximum atomic E-state index is 11.3. The molecule has 0 aromatic carbocycles. The molecule has 0 unspecified atom stereocenters.